The maximum Gasteiger partial charge on any atom is -0.00201 e. The highest BCUT2D eigenvalue weighted by Crippen LogP contribution is 2.60. The lowest BCUT2D eigenvalue weighted by Gasteiger charge is -2.40. The normalized spacial score (nSPS) is 19.0. The molecule has 0 spiro atoms. The zero-order valence-corrected chi connectivity index (χ0v) is 42.6. The quantitative estimate of drug-likeness (QED) is 0.0614. The Kier molecular flexibility index (Phi) is 14.0. The summed E-state index contributed by atoms with van der Waals surface area (Å²) in [7, 11) is 0.144. The Morgan fingerprint density at radius 2 is 0.785 bits per heavy atom. The molecule has 7 aromatic rings. The van der Waals surface area contributed by atoms with Crippen molar-refractivity contribution in [2.24, 2.45) is 0 Å². The van der Waals surface area contributed by atoms with Gasteiger partial charge in [0.1, 0.15) is 0 Å². The predicted molar refractivity (Wildman–Crippen MR) is 295 cm³/mol. The lowest BCUT2D eigenvalue weighted by molar-refractivity contribution is 0.484. The lowest BCUT2D eigenvalue weighted by atomic mass is 9.85. The molecule has 4 aliphatic rings. The minimum atomic E-state index is -0.149. The number of aryl methyl sites for hydroxylation is 2. The van der Waals surface area contributed by atoms with Crippen LogP contribution in [0.4, 0.5) is 0 Å². The maximum atomic E-state index is 2.64. The average Bonchev–Trinajstić information content (AvgIpc) is 3.37. The van der Waals surface area contributed by atoms with E-state index in [0.29, 0.717) is 0 Å². The summed E-state index contributed by atoms with van der Waals surface area (Å²) in [5, 5.41) is 12.7. The first-order valence-electron chi connectivity index (χ1n) is 26.7. The molecule has 0 radical (unpaired) electrons. The molecule has 4 saturated carbocycles. The minimum Gasteiger partial charge on any atom is -0.1000 e. The van der Waals surface area contributed by atoms with Gasteiger partial charge in [-0.3, -0.25) is 0 Å². The number of fused-ring (bicyclic) bond motifs is 2. The van der Waals surface area contributed by atoms with Crippen LogP contribution in [0.1, 0.15) is 140 Å². The maximum absolute atomic E-state index is 2.64. The third kappa shape index (κ3) is 9.24. The SMILES string of the molecule is Cc1cc(-c2ccc3c4cccc5cccc(c6cccc2c63)c54)c(C)cc1-c1ccc(P(CCP(C2CCCCC2)C2CCCCC2)CCP(C2CCCCC2)C2CCCCC2)cc1. The van der Waals surface area contributed by atoms with Gasteiger partial charge in [0.25, 0.3) is 0 Å². The van der Waals surface area contributed by atoms with Crippen molar-refractivity contribution in [2.75, 3.05) is 24.6 Å². The van der Waals surface area contributed by atoms with Gasteiger partial charge >= 0.3 is 0 Å². The molecule has 4 fully saturated rings. The first-order valence-corrected chi connectivity index (χ1v) is 31.7. The van der Waals surface area contributed by atoms with Gasteiger partial charge in [0.15, 0.2) is 0 Å². The van der Waals surface area contributed by atoms with Gasteiger partial charge in [0, 0.05) is 0 Å². The summed E-state index contributed by atoms with van der Waals surface area (Å²) in [4.78, 5) is 0. The standard InChI is InChI=1S/C62H75P3/c1-44-43-60(53-36-37-58-56-29-16-19-47-18-15-28-55(61(47)56)57-31-17-30-54(53)62(57)58)45(2)42-59(44)46-32-34-48(35-33-46)63(38-40-64(49-20-7-3-8-21-49)50-22-9-4-10-23-50)39-41-65(51-24-11-5-12-25-51)52-26-13-6-14-27-52/h15-19,28-37,42-43,49-52H,3-14,20-27,38-41H2,1-2H3. The third-order valence-corrected chi connectivity index (χ3v) is 27.9. The molecule has 11 rings (SSSR count). The van der Waals surface area contributed by atoms with E-state index in [1.165, 1.54) is 166 Å². The van der Waals surface area contributed by atoms with Gasteiger partial charge in [-0.05, 0) is 194 Å². The van der Waals surface area contributed by atoms with Crippen LogP contribution in [0.2, 0.25) is 0 Å². The number of hydrogen-bond acceptors (Lipinski definition) is 0. The van der Waals surface area contributed by atoms with E-state index in [4.69, 9.17) is 0 Å². The summed E-state index contributed by atoms with van der Waals surface area (Å²) in [6.45, 7) is 4.71. The van der Waals surface area contributed by atoms with Crippen molar-refractivity contribution in [3.8, 4) is 22.3 Å². The van der Waals surface area contributed by atoms with Crippen LogP contribution < -0.4 is 5.30 Å². The van der Waals surface area contributed by atoms with Crippen molar-refractivity contribution in [3.63, 3.8) is 0 Å². The summed E-state index contributed by atoms with van der Waals surface area (Å²) in [6, 6.07) is 40.8. The molecule has 338 valence electrons. The van der Waals surface area contributed by atoms with Crippen LogP contribution in [0.25, 0.3) is 65.3 Å². The van der Waals surface area contributed by atoms with Crippen LogP contribution >= 0.6 is 23.8 Å². The lowest BCUT2D eigenvalue weighted by Crippen LogP contribution is -2.24. The van der Waals surface area contributed by atoms with Crippen LogP contribution in [0, 0.1) is 13.8 Å². The van der Waals surface area contributed by atoms with Crippen molar-refractivity contribution in [1.82, 2.24) is 0 Å². The molecule has 3 heteroatoms. The van der Waals surface area contributed by atoms with Crippen molar-refractivity contribution in [1.29, 1.82) is 0 Å². The second-order valence-corrected chi connectivity index (χ2v) is 29.6. The molecular formula is C62H75P3. The van der Waals surface area contributed by atoms with Crippen molar-refractivity contribution in [2.45, 2.75) is 165 Å². The monoisotopic (exact) mass is 913 g/mol. The first kappa shape index (κ1) is 44.6. The van der Waals surface area contributed by atoms with E-state index in [2.05, 4.69) is 117 Å². The Hall–Kier alpha value is -2.87. The molecule has 0 bridgehead atoms. The number of rotatable bonds is 13. The predicted octanol–water partition coefficient (Wildman–Crippen LogP) is 19.1. The summed E-state index contributed by atoms with van der Waals surface area (Å²) in [6.07, 6.45) is 36.6. The number of benzene rings is 7. The fourth-order valence-corrected chi connectivity index (χ4v) is 25.8. The fourth-order valence-electron chi connectivity index (χ4n) is 14.0. The van der Waals surface area contributed by atoms with E-state index >= 15 is 0 Å². The Morgan fingerprint density at radius 3 is 1.29 bits per heavy atom. The van der Waals surface area contributed by atoms with E-state index in [1.807, 2.05) is 0 Å². The molecule has 65 heavy (non-hydrogen) atoms. The van der Waals surface area contributed by atoms with E-state index in [1.54, 1.807) is 69.0 Å². The average molecular weight is 913 g/mol. The largest absolute Gasteiger partial charge is 0.1000 e. The van der Waals surface area contributed by atoms with Gasteiger partial charge < -0.3 is 0 Å². The molecule has 0 N–H and O–H groups in total. The molecule has 0 aliphatic heterocycles. The van der Waals surface area contributed by atoms with Gasteiger partial charge in [0.05, 0.1) is 0 Å². The van der Waals surface area contributed by atoms with Crippen LogP contribution in [0.5, 0.6) is 0 Å². The van der Waals surface area contributed by atoms with Crippen molar-refractivity contribution in [3.05, 3.63) is 114 Å². The summed E-state index contributed by atoms with van der Waals surface area (Å²) >= 11 is 0. The molecule has 0 heterocycles. The van der Waals surface area contributed by atoms with Gasteiger partial charge in [-0.1, -0.05) is 204 Å². The Labute approximate surface area is 396 Å². The van der Waals surface area contributed by atoms with E-state index in [0.717, 1.165) is 22.6 Å². The van der Waals surface area contributed by atoms with Gasteiger partial charge in [0.2, 0.25) is 0 Å². The zero-order chi connectivity index (χ0) is 43.7. The molecule has 0 unspecified atom stereocenters. The van der Waals surface area contributed by atoms with Gasteiger partial charge in [-0.25, -0.2) is 0 Å². The Balaban J connectivity index is 0.897. The number of hydrogen-bond donors (Lipinski definition) is 0. The van der Waals surface area contributed by atoms with Crippen LogP contribution in [0.15, 0.2) is 103 Å². The van der Waals surface area contributed by atoms with Gasteiger partial charge in [-0.2, -0.15) is 0 Å². The van der Waals surface area contributed by atoms with E-state index in [-0.39, 0.29) is 23.8 Å². The molecule has 0 nitrogen and oxygen atoms in total. The highest BCUT2D eigenvalue weighted by atomic mass is 31.1. The summed E-state index contributed by atoms with van der Waals surface area (Å²) in [5.74, 6) is 0. The second-order valence-electron chi connectivity index (χ2n) is 21.3. The third-order valence-electron chi connectivity index (χ3n) is 17.4. The highest BCUT2D eigenvalue weighted by molar-refractivity contribution is 7.68. The molecular weight excluding hydrogens is 838 g/mol. The molecule has 0 saturated heterocycles. The van der Waals surface area contributed by atoms with Crippen LogP contribution in [-0.2, 0) is 0 Å². The first-order chi connectivity index (χ1) is 32.1. The van der Waals surface area contributed by atoms with E-state index < -0.39 is 0 Å². The second kappa shape index (κ2) is 20.4. The Morgan fingerprint density at radius 1 is 0.369 bits per heavy atom. The van der Waals surface area contributed by atoms with Crippen LogP contribution in [0.3, 0.4) is 0 Å². The zero-order valence-electron chi connectivity index (χ0n) is 39.9. The smallest absolute Gasteiger partial charge is 0.00201 e. The molecule has 0 amide bonds. The molecule has 0 aromatic heterocycles. The molecule has 7 aromatic carbocycles. The van der Waals surface area contributed by atoms with Gasteiger partial charge in [-0.15, -0.1) is 0 Å². The molecule has 0 atom stereocenters. The van der Waals surface area contributed by atoms with Crippen LogP contribution in [-0.4, -0.2) is 47.3 Å². The Bertz CT molecular complexity index is 2560. The fraction of sp³-hybridized carbons (Fsp3) is 0.484. The van der Waals surface area contributed by atoms with Crippen molar-refractivity contribution < 1.29 is 0 Å². The topological polar surface area (TPSA) is 0 Å². The highest BCUT2D eigenvalue weighted by Gasteiger charge is 2.34. The summed E-state index contributed by atoms with van der Waals surface area (Å²) in [5.41, 5.74) is 12.5. The minimum absolute atomic E-state index is 0.147. The van der Waals surface area contributed by atoms with Crippen molar-refractivity contribution >= 4 is 72.2 Å². The van der Waals surface area contributed by atoms with E-state index in [9.17, 15) is 0 Å². The summed E-state index contributed by atoms with van der Waals surface area (Å²) < 4.78 is 0. The molecule has 4 aliphatic carbocycles.